The average Bonchev–Trinajstić information content (AvgIpc) is 3.11. The van der Waals surface area contributed by atoms with E-state index < -0.39 is 0 Å². The van der Waals surface area contributed by atoms with Crippen molar-refractivity contribution in [3.8, 4) is 0 Å². The van der Waals surface area contributed by atoms with Gasteiger partial charge in [-0.3, -0.25) is 4.99 Å². The minimum Gasteiger partial charge on any atom is -0.361 e. The average molecular weight is 531 g/mol. The molecule has 0 aromatic heterocycles. The summed E-state index contributed by atoms with van der Waals surface area (Å²) in [6.45, 7) is 8.61. The fourth-order valence-electron chi connectivity index (χ4n) is 3.74. The number of amidine groups is 1. The summed E-state index contributed by atoms with van der Waals surface area (Å²) in [5, 5.41) is 3.72. The van der Waals surface area contributed by atoms with Crippen LogP contribution in [0.1, 0.15) is 51.0 Å². The Hall–Kier alpha value is -0.662. The van der Waals surface area contributed by atoms with E-state index in [2.05, 4.69) is 87.6 Å². The van der Waals surface area contributed by atoms with Crippen LogP contribution in [0.2, 0.25) is 0 Å². The van der Waals surface area contributed by atoms with Crippen molar-refractivity contribution in [2.75, 3.05) is 0 Å². The summed E-state index contributed by atoms with van der Waals surface area (Å²) < 4.78 is 0. The summed E-state index contributed by atoms with van der Waals surface area (Å²) in [6.07, 6.45) is 0. The summed E-state index contributed by atoms with van der Waals surface area (Å²) in [7, 11) is 0. The van der Waals surface area contributed by atoms with Gasteiger partial charge in [0, 0.05) is 71.0 Å². The van der Waals surface area contributed by atoms with Gasteiger partial charge >= 0.3 is 0 Å². The molecule has 0 aliphatic carbocycles. The molecule has 3 aromatic rings. The minimum atomic E-state index is 0. The van der Waals surface area contributed by atoms with Crippen LogP contribution in [0, 0.1) is 33.8 Å². The van der Waals surface area contributed by atoms with Crippen molar-refractivity contribution in [3.63, 3.8) is 0 Å². The monoisotopic (exact) mass is 531 g/mol. The number of aliphatic imine (C=N–C) groups is 1. The van der Waals surface area contributed by atoms with Crippen molar-refractivity contribution in [2.24, 2.45) is 4.99 Å². The second kappa shape index (κ2) is 10.6. The topological polar surface area (TPSA) is 24.4 Å². The maximum atomic E-state index is 5.13. The maximum Gasteiger partial charge on any atom is 0.129 e. The molecule has 0 spiro atoms. The molecular weight excluding hydrogens is 506 g/mol. The van der Waals surface area contributed by atoms with E-state index in [0.717, 1.165) is 5.84 Å². The third-order valence-corrected chi connectivity index (χ3v) is 5.49. The number of aryl methyl sites for hydroxylation is 4. The van der Waals surface area contributed by atoms with Crippen LogP contribution in [0.3, 0.4) is 0 Å². The third-order valence-electron chi connectivity index (χ3n) is 5.49. The van der Waals surface area contributed by atoms with E-state index in [-0.39, 0.29) is 77.5 Å². The van der Waals surface area contributed by atoms with Crippen molar-refractivity contribution in [1.82, 2.24) is 5.32 Å². The van der Waals surface area contributed by atoms with Crippen molar-refractivity contribution < 1.29 is 65.4 Å². The Balaban J connectivity index is 0.00000150. The van der Waals surface area contributed by atoms with Crippen molar-refractivity contribution >= 4 is 5.84 Å². The summed E-state index contributed by atoms with van der Waals surface area (Å²) in [5.41, 5.74) is 8.81. The summed E-state index contributed by atoms with van der Waals surface area (Å²) in [4.78, 5) is 5.13. The summed E-state index contributed by atoms with van der Waals surface area (Å²) >= 11 is 0. The Morgan fingerprint density at radius 2 is 1.38 bits per heavy atom. The molecule has 0 fully saturated rings. The predicted octanol–water partition coefficient (Wildman–Crippen LogP) is 5.55. The van der Waals surface area contributed by atoms with Crippen LogP contribution in [0.5, 0.6) is 0 Å². The fourth-order valence-corrected chi connectivity index (χ4v) is 3.74. The van der Waals surface area contributed by atoms with E-state index in [1.165, 1.54) is 38.9 Å². The zero-order chi connectivity index (χ0) is 19.0. The molecule has 4 heteroatoms. The summed E-state index contributed by atoms with van der Waals surface area (Å²) in [6, 6.07) is 24.7. The van der Waals surface area contributed by atoms with Crippen LogP contribution in [-0.2, 0) is 65.4 Å². The van der Waals surface area contributed by atoms with Crippen LogP contribution in [0.25, 0.3) is 0 Å². The molecule has 1 heterocycles. The molecule has 0 saturated heterocycles. The Morgan fingerprint density at radius 3 is 2.03 bits per heavy atom. The van der Waals surface area contributed by atoms with Crippen LogP contribution in [0.15, 0.2) is 65.7 Å². The molecule has 1 N–H and O–H groups in total. The number of nitrogens with one attached hydrogen (secondary N) is 1. The Labute approximate surface area is 224 Å². The Kier molecular flexibility index (Phi) is 8.98. The van der Waals surface area contributed by atoms with E-state index in [1.807, 2.05) is 12.1 Å². The molecule has 2 atom stereocenters. The first-order valence-electron chi connectivity index (χ1n) is 9.48. The molecule has 0 amide bonds. The van der Waals surface area contributed by atoms with Gasteiger partial charge < -0.3 is 5.32 Å². The van der Waals surface area contributed by atoms with Crippen LogP contribution in [0.4, 0.5) is 0 Å². The number of hydrogen-bond donors (Lipinski definition) is 1. The molecule has 1 aliphatic heterocycles. The van der Waals surface area contributed by atoms with Gasteiger partial charge in [0.15, 0.2) is 0 Å². The zero-order valence-corrected chi connectivity index (χ0v) is 23.2. The first-order chi connectivity index (χ1) is 13.0. The number of rotatable bonds is 3. The van der Waals surface area contributed by atoms with E-state index in [1.54, 1.807) is 0 Å². The van der Waals surface area contributed by atoms with Gasteiger partial charge in [0.1, 0.15) is 5.84 Å². The van der Waals surface area contributed by atoms with E-state index in [9.17, 15) is 0 Å². The SMILES string of the molecule is Cc1ccc([C@@H]2NC(c3cc(C)c(C)cc3C)=N[C@@H]2c2cc[c-]cc2)cc1.[Y].[Y]. The van der Waals surface area contributed by atoms with Gasteiger partial charge in [0.05, 0.1) is 12.1 Å². The number of nitrogens with zero attached hydrogens (tertiary/aromatic N) is 1. The standard InChI is InChI=1S/C25H25N2.2Y/c1-16-10-12-21(13-11-16)24-23(20-8-6-5-7-9-20)26-25(27-24)22-15-18(3)17(2)14-19(22)4;;/h6-15,23-24H,1-4H3,(H,26,27);;/q-1;;/t23-,24+;;/m1../s1. The van der Waals surface area contributed by atoms with E-state index in [0.29, 0.717) is 0 Å². The molecule has 0 bridgehead atoms. The second-order valence-corrected chi connectivity index (χ2v) is 7.54. The zero-order valence-electron chi connectivity index (χ0n) is 17.5. The van der Waals surface area contributed by atoms with E-state index >= 15 is 0 Å². The van der Waals surface area contributed by atoms with Crippen LogP contribution in [-0.4, -0.2) is 5.84 Å². The molecule has 0 unspecified atom stereocenters. The van der Waals surface area contributed by atoms with Crippen molar-refractivity contribution in [1.29, 1.82) is 0 Å². The van der Waals surface area contributed by atoms with Gasteiger partial charge in [-0.2, -0.15) is 30.3 Å². The smallest absolute Gasteiger partial charge is 0.129 e. The molecule has 2 radical (unpaired) electrons. The predicted molar refractivity (Wildman–Crippen MR) is 112 cm³/mol. The van der Waals surface area contributed by atoms with Crippen LogP contribution >= 0.6 is 0 Å². The van der Waals surface area contributed by atoms with Gasteiger partial charge in [-0.25, -0.2) is 0 Å². The molecule has 2 nitrogen and oxygen atoms in total. The largest absolute Gasteiger partial charge is 0.361 e. The molecule has 29 heavy (non-hydrogen) atoms. The van der Waals surface area contributed by atoms with Gasteiger partial charge in [-0.05, 0) is 56.0 Å². The normalized spacial score (nSPS) is 17.6. The van der Waals surface area contributed by atoms with E-state index in [4.69, 9.17) is 4.99 Å². The number of benzene rings is 3. The van der Waals surface area contributed by atoms with Gasteiger partial charge in [0.2, 0.25) is 0 Å². The second-order valence-electron chi connectivity index (χ2n) is 7.54. The minimum absolute atomic E-state index is 0. The number of hydrogen-bond acceptors (Lipinski definition) is 2. The molecule has 4 rings (SSSR count). The molecule has 3 aromatic carbocycles. The molecule has 0 saturated carbocycles. The molecule has 1 aliphatic rings. The van der Waals surface area contributed by atoms with Crippen LogP contribution < -0.4 is 5.32 Å². The van der Waals surface area contributed by atoms with Crippen molar-refractivity contribution in [3.05, 3.63) is 106 Å². The van der Waals surface area contributed by atoms with Gasteiger partial charge in [-0.1, -0.05) is 35.9 Å². The molecular formula is C25H25N2Y2-. The fraction of sp³-hybridized carbons (Fsp3) is 0.240. The quantitative estimate of drug-likeness (QED) is 0.441. The summed E-state index contributed by atoms with van der Waals surface area (Å²) in [5.74, 6) is 0.985. The Morgan fingerprint density at radius 1 is 0.759 bits per heavy atom. The Bertz CT molecular complexity index is 995. The third kappa shape index (κ3) is 5.34. The maximum absolute atomic E-state index is 5.13. The first kappa shape index (κ1) is 24.6. The first-order valence-corrected chi connectivity index (χ1v) is 9.48. The van der Waals surface area contributed by atoms with Gasteiger partial charge in [0.25, 0.3) is 0 Å². The molecule has 142 valence electrons. The van der Waals surface area contributed by atoms with Crippen molar-refractivity contribution in [2.45, 2.75) is 39.8 Å². The van der Waals surface area contributed by atoms with Gasteiger partial charge in [-0.15, -0.1) is 5.56 Å².